The van der Waals surface area contributed by atoms with Crippen LogP contribution < -0.4 is 0 Å². The lowest BCUT2D eigenvalue weighted by molar-refractivity contribution is -0.136. The molecule has 1 N–H and O–H groups in total. The maximum absolute atomic E-state index is 11.2. The Kier molecular flexibility index (Phi) is 4.68. The first-order valence-electron chi connectivity index (χ1n) is 4.56. The maximum atomic E-state index is 11.2. The number of hydrogen-bond acceptors (Lipinski definition) is 2. The van der Waals surface area contributed by atoms with E-state index in [9.17, 15) is 9.59 Å². The fourth-order valence-electron chi connectivity index (χ4n) is 1.29. The van der Waals surface area contributed by atoms with Crippen molar-refractivity contribution in [1.82, 2.24) is 0 Å². The van der Waals surface area contributed by atoms with E-state index in [1.165, 1.54) is 6.92 Å². The molecule has 0 aliphatic heterocycles. The minimum atomic E-state index is -0.887. The summed E-state index contributed by atoms with van der Waals surface area (Å²) in [5.74, 6) is -0.907. The van der Waals surface area contributed by atoms with Crippen molar-refractivity contribution in [2.24, 2.45) is 0 Å². The highest BCUT2D eigenvalue weighted by molar-refractivity contribution is 9.11. The van der Waals surface area contributed by atoms with Gasteiger partial charge in [0, 0.05) is 4.47 Å². The van der Waals surface area contributed by atoms with Gasteiger partial charge < -0.3 is 5.11 Å². The zero-order chi connectivity index (χ0) is 12.3. The standard InChI is InChI=1S/C11H10Br2O3/c1-6(14)11(13)8-4-7(5-10(15)16)2-3-9(8)12/h2-4,11H,5H2,1H3,(H,15,16). The molecule has 0 aromatic heterocycles. The molecule has 0 radical (unpaired) electrons. The monoisotopic (exact) mass is 348 g/mol. The largest absolute Gasteiger partial charge is 0.481 e. The number of hydrogen-bond donors (Lipinski definition) is 1. The molecular formula is C11H10Br2O3. The summed E-state index contributed by atoms with van der Waals surface area (Å²) in [6.07, 6.45) is -0.0437. The van der Waals surface area contributed by atoms with E-state index in [2.05, 4.69) is 31.9 Å². The van der Waals surface area contributed by atoms with Gasteiger partial charge in [0.25, 0.3) is 0 Å². The van der Waals surface area contributed by atoms with Crippen LogP contribution in [0.15, 0.2) is 22.7 Å². The average Bonchev–Trinajstić information content (AvgIpc) is 2.19. The predicted octanol–water partition coefficient (Wildman–Crippen LogP) is 3.10. The number of carbonyl (C=O) groups excluding carboxylic acids is 1. The summed E-state index contributed by atoms with van der Waals surface area (Å²) in [5.41, 5.74) is 1.43. The second-order valence-corrected chi connectivity index (χ2v) is 5.17. The molecule has 1 aromatic rings. The third-order valence-electron chi connectivity index (χ3n) is 2.05. The maximum Gasteiger partial charge on any atom is 0.307 e. The van der Waals surface area contributed by atoms with Gasteiger partial charge in [-0.05, 0) is 24.1 Å². The average molecular weight is 350 g/mol. The zero-order valence-electron chi connectivity index (χ0n) is 8.54. The molecule has 0 fully saturated rings. The highest BCUT2D eigenvalue weighted by Gasteiger charge is 2.16. The van der Waals surface area contributed by atoms with E-state index in [1.807, 2.05) is 0 Å². The molecule has 0 bridgehead atoms. The van der Waals surface area contributed by atoms with Crippen molar-refractivity contribution >= 4 is 43.6 Å². The molecule has 0 spiro atoms. The highest BCUT2D eigenvalue weighted by atomic mass is 79.9. The fourth-order valence-corrected chi connectivity index (χ4v) is 2.45. The van der Waals surface area contributed by atoms with Gasteiger partial charge in [-0.15, -0.1) is 0 Å². The summed E-state index contributed by atoms with van der Waals surface area (Å²) in [6, 6.07) is 5.20. The lowest BCUT2D eigenvalue weighted by Gasteiger charge is -2.10. The number of benzene rings is 1. The Bertz CT molecular complexity index is 429. The summed E-state index contributed by atoms with van der Waals surface area (Å²) >= 11 is 6.61. The lowest BCUT2D eigenvalue weighted by atomic mass is 10.0. The normalized spacial score (nSPS) is 12.2. The summed E-state index contributed by atoms with van der Waals surface area (Å²) < 4.78 is 0.790. The molecule has 1 rings (SSSR count). The number of halogens is 2. The number of ketones is 1. The molecule has 86 valence electrons. The topological polar surface area (TPSA) is 54.4 Å². The fraction of sp³-hybridized carbons (Fsp3) is 0.273. The molecule has 1 unspecified atom stereocenters. The first kappa shape index (κ1) is 13.4. The number of alkyl halides is 1. The van der Waals surface area contributed by atoms with Crippen LogP contribution in [0.3, 0.4) is 0 Å². The molecule has 0 amide bonds. The van der Waals surface area contributed by atoms with Crippen LogP contribution in [0.2, 0.25) is 0 Å². The Morgan fingerprint density at radius 3 is 2.56 bits per heavy atom. The van der Waals surface area contributed by atoms with Gasteiger partial charge in [-0.2, -0.15) is 0 Å². The van der Waals surface area contributed by atoms with Gasteiger partial charge in [0.2, 0.25) is 0 Å². The van der Waals surface area contributed by atoms with Gasteiger partial charge in [-0.25, -0.2) is 0 Å². The van der Waals surface area contributed by atoms with Crippen molar-refractivity contribution in [3.63, 3.8) is 0 Å². The van der Waals surface area contributed by atoms with Crippen LogP contribution in [0.5, 0.6) is 0 Å². The molecule has 1 atom stereocenters. The van der Waals surface area contributed by atoms with Crippen molar-refractivity contribution in [3.8, 4) is 0 Å². The smallest absolute Gasteiger partial charge is 0.307 e. The van der Waals surface area contributed by atoms with Crippen molar-refractivity contribution in [1.29, 1.82) is 0 Å². The number of carboxylic acids is 1. The minimum absolute atomic E-state index is 0.0202. The third kappa shape index (κ3) is 3.42. The van der Waals surface area contributed by atoms with Crippen LogP contribution in [-0.2, 0) is 16.0 Å². The number of Topliss-reactive ketones (excluding diaryl/α,β-unsaturated/α-hetero) is 1. The molecular weight excluding hydrogens is 340 g/mol. The molecule has 0 saturated carbocycles. The van der Waals surface area contributed by atoms with E-state index in [0.29, 0.717) is 5.56 Å². The third-order valence-corrected chi connectivity index (χ3v) is 3.91. The molecule has 0 saturated heterocycles. The predicted molar refractivity (Wildman–Crippen MR) is 67.8 cm³/mol. The minimum Gasteiger partial charge on any atom is -0.481 e. The van der Waals surface area contributed by atoms with Gasteiger partial charge in [-0.3, -0.25) is 9.59 Å². The van der Waals surface area contributed by atoms with Crippen molar-refractivity contribution in [3.05, 3.63) is 33.8 Å². The molecule has 1 aromatic carbocycles. The van der Waals surface area contributed by atoms with Crippen molar-refractivity contribution < 1.29 is 14.7 Å². The number of aliphatic carboxylic acids is 1. The Balaban J connectivity index is 3.08. The van der Waals surface area contributed by atoms with E-state index < -0.39 is 10.8 Å². The number of carboxylic acid groups (broad SMARTS) is 1. The summed E-state index contributed by atoms with van der Waals surface area (Å²) in [7, 11) is 0. The summed E-state index contributed by atoms with van der Waals surface area (Å²) in [5, 5.41) is 8.68. The van der Waals surface area contributed by atoms with Crippen LogP contribution in [0.25, 0.3) is 0 Å². The summed E-state index contributed by atoms with van der Waals surface area (Å²) in [4.78, 5) is 21.4. The second-order valence-electron chi connectivity index (χ2n) is 3.40. The van der Waals surface area contributed by atoms with E-state index in [4.69, 9.17) is 5.11 Å². The van der Waals surface area contributed by atoms with E-state index in [1.54, 1.807) is 18.2 Å². The Labute approximate surface area is 110 Å². The van der Waals surface area contributed by atoms with Gasteiger partial charge in [0.1, 0.15) is 5.78 Å². The zero-order valence-corrected chi connectivity index (χ0v) is 11.7. The summed E-state index contributed by atoms with van der Waals surface area (Å²) in [6.45, 7) is 1.48. The quantitative estimate of drug-likeness (QED) is 0.850. The lowest BCUT2D eigenvalue weighted by Crippen LogP contribution is -2.05. The number of rotatable bonds is 4. The van der Waals surface area contributed by atoms with Crippen molar-refractivity contribution in [2.75, 3.05) is 0 Å². The van der Waals surface area contributed by atoms with Gasteiger partial charge in [0.05, 0.1) is 11.2 Å². The Hall–Kier alpha value is -0.680. The van der Waals surface area contributed by atoms with Crippen LogP contribution in [-0.4, -0.2) is 16.9 Å². The first-order valence-corrected chi connectivity index (χ1v) is 6.27. The molecule has 5 heteroatoms. The van der Waals surface area contributed by atoms with Crippen molar-refractivity contribution in [2.45, 2.75) is 18.2 Å². The van der Waals surface area contributed by atoms with Crippen LogP contribution in [0.4, 0.5) is 0 Å². The van der Waals surface area contributed by atoms with Gasteiger partial charge >= 0.3 is 5.97 Å². The van der Waals surface area contributed by atoms with Gasteiger partial charge in [-0.1, -0.05) is 44.0 Å². The molecule has 0 aliphatic rings. The number of carbonyl (C=O) groups is 2. The molecule has 16 heavy (non-hydrogen) atoms. The molecule has 0 aliphatic carbocycles. The Morgan fingerprint density at radius 2 is 2.06 bits per heavy atom. The Morgan fingerprint density at radius 1 is 1.44 bits per heavy atom. The van der Waals surface area contributed by atoms with E-state index in [-0.39, 0.29) is 12.2 Å². The van der Waals surface area contributed by atoms with Crippen LogP contribution in [0, 0.1) is 0 Å². The first-order chi connectivity index (χ1) is 7.41. The van der Waals surface area contributed by atoms with Crippen LogP contribution in [0.1, 0.15) is 22.9 Å². The van der Waals surface area contributed by atoms with Crippen LogP contribution >= 0.6 is 31.9 Å². The second kappa shape index (κ2) is 5.59. The van der Waals surface area contributed by atoms with Gasteiger partial charge in [0.15, 0.2) is 0 Å². The SMILES string of the molecule is CC(=O)C(Br)c1cc(CC(=O)O)ccc1Br. The van der Waals surface area contributed by atoms with E-state index >= 15 is 0 Å². The highest BCUT2D eigenvalue weighted by Crippen LogP contribution is 2.31. The van der Waals surface area contributed by atoms with E-state index in [0.717, 1.165) is 10.0 Å². The molecule has 3 nitrogen and oxygen atoms in total. The molecule has 0 heterocycles.